The molecule has 3 heteroatoms. The summed E-state index contributed by atoms with van der Waals surface area (Å²) in [4.78, 5) is 0. The summed E-state index contributed by atoms with van der Waals surface area (Å²) in [7, 11) is 0. The van der Waals surface area contributed by atoms with Crippen LogP contribution in [-0.4, -0.2) is 15.3 Å². The van der Waals surface area contributed by atoms with Gasteiger partial charge in [0.25, 0.3) is 0 Å². The van der Waals surface area contributed by atoms with Gasteiger partial charge in [-0.1, -0.05) is 6.08 Å². The number of aryl methyl sites for hydroxylation is 1. The third-order valence-corrected chi connectivity index (χ3v) is 2.06. The molecular formula is C12H21N3. The van der Waals surface area contributed by atoms with Gasteiger partial charge in [0, 0.05) is 24.8 Å². The van der Waals surface area contributed by atoms with Crippen molar-refractivity contribution < 1.29 is 0 Å². The maximum Gasteiger partial charge on any atom is 0.0762 e. The number of hydrogen-bond acceptors (Lipinski definition) is 2. The van der Waals surface area contributed by atoms with E-state index in [9.17, 15) is 0 Å². The average Bonchev–Trinajstić information content (AvgIpc) is 2.58. The van der Waals surface area contributed by atoms with Crippen LogP contribution in [0.2, 0.25) is 0 Å². The van der Waals surface area contributed by atoms with Gasteiger partial charge in [0.15, 0.2) is 0 Å². The first kappa shape index (κ1) is 12.0. The Bertz CT molecular complexity index is 307. The minimum Gasteiger partial charge on any atom is -0.306 e. The minimum atomic E-state index is 0.144. The smallest absolute Gasteiger partial charge is 0.0762 e. The summed E-state index contributed by atoms with van der Waals surface area (Å²) < 4.78 is 1.96. The fourth-order valence-corrected chi connectivity index (χ4v) is 1.20. The van der Waals surface area contributed by atoms with Gasteiger partial charge in [-0.25, -0.2) is 0 Å². The topological polar surface area (TPSA) is 29.9 Å². The number of aromatic nitrogens is 2. The van der Waals surface area contributed by atoms with E-state index in [0.29, 0.717) is 0 Å². The lowest BCUT2D eigenvalue weighted by Crippen LogP contribution is -2.35. The van der Waals surface area contributed by atoms with Gasteiger partial charge in [-0.05, 0) is 33.3 Å². The lowest BCUT2D eigenvalue weighted by molar-refractivity contribution is 0.419. The summed E-state index contributed by atoms with van der Waals surface area (Å²) in [6, 6.07) is 2.06. The second-order valence-corrected chi connectivity index (χ2v) is 4.75. The zero-order valence-electron chi connectivity index (χ0n) is 9.95. The van der Waals surface area contributed by atoms with Crippen molar-refractivity contribution in [3.8, 4) is 0 Å². The number of allylic oxidation sites excluding steroid dienone is 1. The second kappa shape index (κ2) is 5.12. The van der Waals surface area contributed by atoms with Crippen LogP contribution in [0.1, 0.15) is 32.9 Å². The van der Waals surface area contributed by atoms with E-state index in [2.05, 4.69) is 43.8 Å². The Balaban J connectivity index is 2.42. The highest BCUT2D eigenvalue weighted by molar-refractivity contribution is 4.99. The van der Waals surface area contributed by atoms with Crippen LogP contribution >= 0.6 is 0 Å². The van der Waals surface area contributed by atoms with E-state index in [1.165, 1.54) is 0 Å². The van der Waals surface area contributed by atoms with Crippen LogP contribution in [0.5, 0.6) is 0 Å². The molecule has 1 aromatic heterocycles. The summed E-state index contributed by atoms with van der Waals surface area (Å²) in [6.45, 7) is 11.9. The first-order chi connectivity index (χ1) is 7.01. The van der Waals surface area contributed by atoms with Crippen molar-refractivity contribution >= 4 is 0 Å². The van der Waals surface area contributed by atoms with Crippen molar-refractivity contribution in [1.29, 1.82) is 0 Å². The van der Waals surface area contributed by atoms with Crippen molar-refractivity contribution in [2.24, 2.45) is 0 Å². The lowest BCUT2D eigenvalue weighted by atomic mass is 10.1. The maximum absolute atomic E-state index is 4.46. The van der Waals surface area contributed by atoms with Crippen LogP contribution in [0.25, 0.3) is 0 Å². The van der Waals surface area contributed by atoms with Gasteiger partial charge in [-0.3, -0.25) is 4.68 Å². The molecule has 0 aliphatic carbocycles. The van der Waals surface area contributed by atoms with Crippen molar-refractivity contribution in [2.45, 2.75) is 45.8 Å². The van der Waals surface area contributed by atoms with Gasteiger partial charge in [0.05, 0.1) is 5.69 Å². The normalized spacial score (nSPS) is 11.7. The molecule has 1 N–H and O–H groups in total. The molecular weight excluding hydrogens is 186 g/mol. The predicted molar refractivity (Wildman–Crippen MR) is 63.6 cm³/mol. The summed E-state index contributed by atoms with van der Waals surface area (Å²) >= 11 is 0. The first-order valence-electron chi connectivity index (χ1n) is 5.39. The number of nitrogens with zero attached hydrogens (tertiary/aromatic N) is 2. The standard InChI is InChI=1S/C12H21N3/c1-5-6-8-15-9-7-11(14-15)10-13-12(2,3)4/h5,7,9,13H,1,6,8,10H2,2-4H3. The molecule has 84 valence electrons. The van der Waals surface area contributed by atoms with Crippen LogP contribution in [0.3, 0.4) is 0 Å². The van der Waals surface area contributed by atoms with Gasteiger partial charge < -0.3 is 5.32 Å². The Kier molecular flexibility index (Phi) is 4.09. The molecule has 1 heterocycles. The molecule has 0 saturated carbocycles. The van der Waals surface area contributed by atoms with Crippen LogP contribution < -0.4 is 5.32 Å². The maximum atomic E-state index is 4.46. The summed E-state index contributed by atoms with van der Waals surface area (Å²) in [6.07, 6.45) is 4.89. The van der Waals surface area contributed by atoms with Crippen LogP contribution in [-0.2, 0) is 13.1 Å². The van der Waals surface area contributed by atoms with E-state index in [4.69, 9.17) is 0 Å². The van der Waals surface area contributed by atoms with E-state index >= 15 is 0 Å². The molecule has 0 aliphatic rings. The van der Waals surface area contributed by atoms with Crippen LogP contribution in [0, 0.1) is 0 Å². The van der Waals surface area contributed by atoms with Crippen LogP contribution in [0.4, 0.5) is 0 Å². The largest absolute Gasteiger partial charge is 0.306 e. The molecule has 0 unspecified atom stereocenters. The van der Waals surface area contributed by atoms with Crippen molar-refractivity contribution in [1.82, 2.24) is 15.1 Å². The molecule has 0 spiro atoms. The highest BCUT2D eigenvalue weighted by Gasteiger charge is 2.09. The average molecular weight is 207 g/mol. The molecule has 0 radical (unpaired) electrons. The third kappa shape index (κ3) is 4.79. The summed E-state index contributed by atoms with van der Waals surface area (Å²) in [5.74, 6) is 0. The Morgan fingerprint density at radius 2 is 2.27 bits per heavy atom. The van der Waals surface area contributed by atoms with Gasteiger partial charge in [-0.15, -0.1) is 6.58 Å². The molecule has 0 amide bonds. The molecule has 0 aliphatic heterocycles. The summed E-state index contributed by atoms with van der Waals surface area (Å²) in [5.41, 5.74) is 1.24. The molecule has 0 aromatic carbocycles. The molecule has 0 saturated heterocycles. The van der Waals surface area contributed by atoms with E-state index in [0.717, 1.165) is 25.2 Å². The number of rotatable bonds is 5. The van der Waals surface area contributed by atoms with Gasteiger partial charge in [0.2, 0.25) is 0 Å². The molecule has 0 fully saturated rings. The van der Waals surface area contributed by atoms with E-state index in [1.807, 2.05) is 17.0 Å². The summed E-state index contributed by atoms with van der Waals surface area (Å²) in [5, 5.41) is 7.87. The lowest BCUT2D eigenvalue weighted by Gasteiger charge is -2.19. The molecule has 3 nitrogen and oxygen atoms in total. The van der Waals surface area contributed by atoms with Gasteiger partial charge in [-0.2, -0.15) is 5.10 Å². The van der Waals surface area contributed by atoms with Crippen molar-refractivity contribution in [2.75, 3.05) is 0 Å². The Morgan fingerprint density at radius 3 is 2.87 bits per heavy atom. The zero-order valence-corrected chi connectivity index (χ0v) is 9.95. The predicted octanol–water partition coefficient (Wildman–Crippen LogP) is 2.35. The Morgan fingerprint density at radius 1 is 1.53 bits per heavy atom. The SMILES string of the molecule is C=CCCn1ccc(CNC(C)(C)C)n1. The fraction of sp³-hybridized carbons (Fsp3) is 0.583. The third-order valence-electron chi connectivity index (χ3n) is 2.06. The molecule has 15 heavy (non-hydrogen) atoms. The van der Waals surface area contributed by atoms with E-state index < -0.39 is 0 Å². The highest BCUT2D eigenvalue weighted by atomic mass is 15.3. The Hall–Kier alpha value is -1.09. The number of hydrogen-bond donors (Lipinski definition) is 1. The molecule has 1 aromatic rings. The second-order valence-electron chi connectivity index (χ2n) is 4.75. The first-order valence-corrected chi connectivity index (χ1v) is 5.39. The van der Waals surface area contributed by atoms with E-state index in [-0.39, 0.29) is 5.54 Å². The molecule has 1 rings (SSSR count). The monoisotopic (exact) mass is 207 g/mol. The van der Waals surface area contributed by atoms with Gasteiger partial charge in [0.1, 0.15) is 0 Å². The van der Waals surface area contributed by atoms with Crippen molar-refractivity contribution in [3.05, 3.63) is 30.6 Å². The fourth-order valence-electron chi connectivity index (χ4n) is 1.20. The minimum absolute atomic E-state index is 0.144. The number of nitrogens with one attached hydrogen (secondary N) is 1. The van der Waals surface area contributed by atoms with Gasteiger partial charge >= 0.3 is 0 Å². The van der Waals surface area contributed by atoms with Crippen LogP contribution in [0.15, 0.2) is 24.9 Å². The highest BCUT2D eigenvalue weighted by Crippen LogP contribution is 2.02. The molecule has 0 bridgehead atoms. The van der Waals surface area contributed by atoms with Crippen molar-refractivity contribution in [3.63, 3.8) is 0 Å². The quantitative estimate of drug-likeness (QED) is 0.751. The zero-order chi connectivity index (χ0) is 11.3. The van der Waals surface area contributed by atoms with E-state index in [1.54, 1.807) is 0 Å². The Labute approximate surface area is 92.2 Å². The molecule has 0 atom stereocenters.